The van der Waals surface area contributed by atoms with Crippen LogP contribution in [-0.4, -0.2) is 11.7 Å². The van der Waals surface area contributed by atoms with Crippen molar-refractivity contribution in [2.75, 3.05) is 0 Å². The van der Waals surface area contributed by atoms with Crippen LogP contribution < -0.4 is 0 Å². The highest BCUT2D eigenvalue weighted by molar-refractivity contribution is 5.93. The molecule has 3 heteroatoms. The number of rotatable bonds is 3. The van der Waals surface area contributed by atoms with Crippen LogP contribution in [0.1, 0.15) is 38.5 Å². The van der Waals surface area contributed by atoms with E-state index in [9.17, 15) is 13.6 Å². The molecule has 0 aromatic carbocycles. The van der Waals surface area contributed by atoms with Crippen molar-refractivity contribution < 1.29 is 13.6 Å². The van der Waals surface area contributed by atoms with Gasteiger partial charge in [0.25, 0.3) is 0 Å². The molecule has 15 heavy (non-hydrogen) atoms. The molecule has 1 nitrogen and oxygen atoms in total. The van der Waals surface area contributed by atoms with E-state index in [0.717, 1.165) is 12.8 Å². The van der Waals surface area contributed by atoms with Crippen molar-refractivity contribution in [2.24, 2.45) is 11.8 Å². The summed E-state index contributed by atoms with van der Waals surface area (Å²) in [6.45, 7) is 0. The molecular weight excluding hydrogens is 198 g/mol. The average Bonchev–Trinajstić information content (AvgIpc) is 2.99. The van der Waals surface area contributed by atoms with Gasteiger partial charge in [-0.05, 0) is 37.7 Å². The summed E-state index contributed by atoms with van der Waals surface area (Å²) in [5, 5.41) is 0. The number of carbonyl (C=O) groups is 1. The first-order chi connectivity index (χ1) is 7.07. The summed E-state index contributed by atoms with van der Waals surface area (Å²) < 4.78 is 25.6. The van der Waals surface area contributed by atoms with Crippen LogP contribution in [-0.2, 0) is 4.79 Å². The molecule has 2 rings (SSSR count). The molecule has 0 aliphatic heterocycles. The van der Waals surface area contributed by atoms with Crippen LogP contribution in [0.25, 0.3) is 0 Å². The second-order valence-electron chi connectivity index (χ2n) is 4.73. The normalized spacial score (nSPS) is 27.1. The van der Waals surface area contributed by atoms with E-state index in [1.807, 2.05) is 6.08 Å². The molecule has 0 aromatic rings. The summed E-state index contributed by atoms with van der Waals surface area (Å²) in [7, 11) is 0. The van der Waals surface area contributed by atoms with E-state index in [1.165, 1.54) is 0 Å². The summed E-state index contributed by atoms with van der Waals surface area (Å²) in [6.07, 6.45) is 6.45. The molecule has 2 aliphatic rings. The molecule has 2 fully saturated rings. The molecule has 2 aliphatic carbocycles. The Hall–Kier alpha value is -0.730. The van der Waals surface area contributed by atoms with Gasteiger partial charge >= 0.3 is 0 Å². The first kappa shape index (κ1) is 10.8. The largest absolute Gasteiger partial charge is 0.295 e. The van der Waals surface area contributed by atoms with Gasteiger partial charge in [0.15, 0.2) is 5.78 Å². The maximum Gasteiger partial charge on any atom is 0.248 e. The van der Waals surface area contributed by atoms with Gasteiger partial charge in [-0.25, -0.2) is 8.78 Å². The number of ketones is 1. The van der Waals surface area contributed by atoms with Crippen LogP contribution in [0.15, 0.2) is 12.2 Å². The van der Waals surface area contributed by atoms with Crippen molar-refractivity contribution >= 4 is 5.78 Å². The van der Waals surface area contributed by atoms with Crippen LogP contribution in [0.2, 0.25) is 0 Å². The van der Waals surface area contributed by atoms with E-state index in [2.05, 4.69) is 0 Å². The van der Waals surface area contributed by atoms with Crippen molar-refractivity contribution in [3.63, 3.8) is 0 Å². The summed E-state index contributed by atoms with van der Waals surface area (Å²) in [6, 6.07) is 0. The van der Waals surface area contributed by atoms with Crippen molar-refractivity contribution in [1.29, 1.82) is 0 Å². The zero-order chi connectivity index (χ0) is 10.9. The van der Waals surface area contributed by atoms with Crippen LogP contribution in [0, 0.1) is 11.8 Å². The Morgan fingerprint density at radius 3 is 2.27 bits per heavy atom. The van der Waals surface area contributed by atoms with Gasteiger partial charge in [-0.3, -0.25) is 4.79 Å². The first-order valence-electron chi connectivity index (χ1n) is 5.67. The molecule has 0 heterocycles. The Kier molecular flexibility index (Phi) is 2.89. The Morgan fingerprint density at radius 2 is 1.73 bits per heavy atom. The van der Waals surface area contributed by atoms with Gasteiger partial charge in [-0.2, -0.15) is 0 Å². The van der Waals surface area contributed by atoms with Crippen molar-refractivity contribution in [2.45, 2.75) is 44.4 Å². The Morgan fingerprint density at radius 1 is 1.13 bits per heavy atom. The predicted octanol–water partition coefficient (Wildman–Crippen LogP) is 3.35. The van der Waals surface area contributed by atoms with Gasteiger partial charge in [0.05, 0.1) is 0 Å². The van der Waals surface area contributed by atoms with Gasteiger partial charge in [-0.15, -0.1) is 0 Å². The minimum atomic E-state index is -2.47. The minimum Gasteiger partial charge on any atom is -0.295 e. The lowest BCUT2D eigenvalue weighted by molar-refractivity contribution is -0.115. The molecule has 0 saturated heterocycles. The van der Waals surface area contributed by atoms with Crippen LogP contribution in [0.5, 0.6) is 0 Å². The standard InChI is InChI=1S/C12H16F2O/c13-12(14)7-5-9(6-8-12)1-4-11(15)10-2-3-10/h1,4,9-10H,2-3,5-8H2. The number of carbonyl (C=O) groups excluding carboxylic acids is 1. The topological polar surface area (TPSA) is 17.1 Å². The summed E-state index contributed by atoms with van der Waals surface area (Å²) in [4.78, 5) is 11.3. The monoisotopic (exact) mass is 214 g/mol. The van der Waals surface area contributed by atoms with E-state index in [1.54, 1.807) is 6.08 Å². The fraction of sp³-hybridized carbons (Fsp3) is 0.750. The van der Waals surface area contributed by atoms with Crippen LogP contribution in [0.3, 0.4) is 0 Å². The molecule has 0 N–H and O–H groups in total. The second kappa shape index (κ2) is 4.03. The summed E-state index contributed by atoms with van der Waals surface area (Å²) >= 11 is 0. The Bertz CT molecular complexity index is 269. The zero-order valence-electron chi connectivity index (χ0n) is 8.72. The van der Waals surface area contributed by atoms with Gasteiger partial charge in [0.2, 0.25) is 5.92 Å². The van der Waals surface area contributed by atoms with E-state index >= 15 is 0 Å². The Balaban J connectivity index is 1.78. The maximum absolute atomic E-state index is 12.8. The molecule has 84 valence electrons. The molecule has 0 radical (unpaired) electrons. The fourth-order valence-electron chi connectivity index (χ4n) is 1.99. The van der Waals surface area contributed by atoms with Crippen molar-refractivity contribution in [3.05, 3.63) is 12.2 Å². The van der Waals surface area contributed by atoms with E-state index in [0.29, 0.717) is 12.8 Å². The maximum atomic E-state index is 12.8. The fourth-order valence-corrected chi connectivity index (χ4v) is 1.99. The first-order valence-corrected chi connectivity index (χ1v) is 5.67. The molecule has 0 bridgehead atoms. The molecule has 0 amide bonds. The SMILES string of the molecule is O=C(C=CC1CCC(F)(F)CC1)C1CC1. The number of allylic oxidation sites excluding steroid dienone is 2. The molecule has 0 aromatic heterocycles. The third-order valence-corrected chi connectivity index (χ3v) is 3.27. The van der Waals surface area contributed by atoms with Crippen LogP contribution >= 0.6 is 0 Å². The molecule has 0 spiro atoms. The highest BCUT2D eigenvalue weighted by atomic mass is 19.3. The lowest BCUT2D eigenvalue weighted by Crippen LogP contribution is -2.23. The molecule has 0 atom stereocenters. The van der Waals surface area contributed by atoms with E-state index in [-0.39, 0.29) is 30.5 Å². The van der Waals surface area contributed by atoms with E-state index in [4.69, 9.17) is 0 Å². The lowest BCUT2D eigenvalue weighted by Gasteiger charge is -2.26. The molecule has 2 saturated carbocycles. The smallest absolute Gasteiger partial charge is 0.248 e. The number of halogens is 2. The summed E-state index contributed by atoms with van der Waals surface area (Å²) in [5.41, 5.74) is 0. The quantitative estimate of drug-likeness (QED) is 0.658. The van der Waals surface area contributed by atoms with Gasteiger partial charge in [0.1, 0.15) is 0 Å². The Labute approximate surface area is 88.5 Å². The molecular formula is C12H16F2O. The van der Waals surface area contributed by atoms with Crippen molar-refractivity contribution in [1.82, 2.24) is 0 Å². The number of hydrogen-bond donors (Lipinski definition) is 0. The van der Waals surface area contributed by atoms with Crippen LogP contribution in [0.4, 0.5) is 8.78 Å². The highest BCUT2D eigenvalue weighted by Gasteiger charge is 2.34. The number of hydrogen-bond acceptors (Lipinski definition) is 1. The minimum absolute atomic E-state index is 0.0281. The lowest BCUT2D eigenvalue weighted by atomic mass is 9.86. The predicted molar refractivity (Wildman–Crippen MR) is 53.8 cm³/mol. The highest BCUT2D eigenvalue weighted by Crippen LogP contribution is 2.37. The summed E-state index contributed by atoms with van der Waals surface area (Å²) in [5.74, 6) is -1.85. The average molecular weight is 214 g/mol. The van der Waals surface area contributed by atoms with Gasteiger partial charge < -0.3 is 0 Å². The second-order valence-corrected chi connectivity index (χ2v) is 4.73. The third-order valence-electron chi connectivity index (χ3n) is 3.27. The van der Waals surface area contributed by atoms with Gasteiger partial charge in [0, 0.05) is 18.8 Å². The molecule has 0 unspecified atom stereocenters. The zero-order valence-corrected chi connectivity index (χ0v) is 8.72. The van der Waals surface area contributed by atoms with Gasteiger partial charge in [-0.1, -0.05) is 6.08 Å². The van der Waals surface area contributed by atoms with E-state index < -0.39 is 5.92 Å². The number of alkyl halides is 2. The third kappa shape index (κ3) is 3.11. The van der Waals surface area contributed by atoms with Crippen molar-refractivity contribution in [3.8, 4) is 0 Å².